The zero-order chi connectivity index (χ0) is 8.27. The van der Waals surface area contributed by atoms with Crippen molar-refractivity contribution in [2.75, 3.05) is 5.73 Å². The Balaban J connectivity index is 2.73. The molecule has 62 valence electrons. The van der Waals surface area contributed by atoms with Gasteiger partial charge in [0, 0.05) is 6.20 Å². The van der Waals surface area contributed by atoms with Crippen LogP contribution in [0.3, 0.4) is 0 Å². The summed E-state index contributed by atoms with van der Waals surface area (Å²) >= 11 is 0. The molecule has 0 atom stereocenters. The molecular formula is C8H15N3. The molecule has 1 aromatic heterocycles. The fraction of sp³-hybridized carbons (Fsp3) is 0.625. The SMILES string of the molecule is CCC(CC)n1ccc(N)n1. The third kappa shape index (κ3) is 1.73. The number of nitrogen functional groups attached to an aromatic ring is 1. The number of anilines is 1. The third-order valence-corrected chi connectivity index (χ3v) is 1.95. The summed E-state index contributed by atoms with van der Waals surface area (Å²) < 4.78 is 1.94. The number of nitrogens with zero attached hydrogens (tertiary/aromatic N) is 2. The number of aromatic nitrogens is 2. The van der Waals surface area contributed by atoms with E-state index in [4.69, 9.17) is 5.73 Å². The molecule has 0 aliphatic rings. The molecule has 11 heavy (non-hydrogen) atoms. The first kappa shape index (κ1) is 8.11. The Kier molecular flexibility index (Phi) is 2.52. The monoisotopic (exact) mass is 153 g/mol. The van der Waals surface area contributed by atoms with Gasteiger partial charge in [0.15, 0.2) is 0 Å². The topological polar surface area (TPSA) is 43.8 Å². The predicted octanol–water partition coefficient (Wildman–Crippen LogP) is 1.83. The van der Waals surface area contributed by atoms with Gasteiger partial charge in [0.05, 0.1) is 6.04 Å². The lowest BCUT2D eigenvalue weighted by molar-refractivity contribution is 0.430. The van der Waals surface area contributed by atoms with Crippen molar-refractivity contribution in [3.63, 3.8) is 0 Å². The Morgan fingerprint density at radius 2 is 2.18 bits per heavy atom. The second-order valence-electron chi connectivity index (χ2n) is 2.69. The van der Waals surface area contributed by atoms with Crippen LogP contribution >= 0.6 is 0 Å². The highest BCUT2D eigenvalue weighted by atomic mass is 15.3. The second kappa shape index (κ2) is 3.42. The lowest BCUT2D eigenvalue weighted by Crippen LogP contribution is -2.07. The van der Waals surface area contributed by atoms with Gasteiger partial charge in [-0.2, -0.15) is 5.10 Å². The minimum atomic E-state index is 0.507. The highest BCUT2D eigenvalue weighted by molar-refractivity contribution is 5.23. The molecule has 0 unspecified atom stereocenters. The first-order valence-corrected chi connectivity index (χ1v) is 4.08. The molecule has 2 N–H and O–H groups in total. The van der Waals surface area contributed by atoms with Crippen molar-refractivity contribution in [2.24, 2.45) is 0 Å². The van der Waals surface area contributed by atoms with Crippen molar-refractivity contribution < 1.29 is 0 Å². The summed E-state index contributed by atoms with van der Waals surface area (Å²) in [5, 5.41) is 4.15. The van der Waals surface area contributed by atoms with Crippen LogP contribution in [-0.2, 0) is 0 Å². The van der Waals surface area contributed by atoms with Crippen LogP contribution in [0.25, 0.3) is 0 Å². The molecule has 3 heteroatoms. The van der Waals surface area contributed by atoms with E-state index < -0.39 is 0 Å². The van der Waals surface area contributed by atoms with E-state index in [1.165, 1.54) is 0 Å². The molecule has 1 rings (SSSR count). The van der Waals surface area contributed by atoms with E-state index in [2.05, 4.69) is 18.9 Å². The minimum absolute atomic E-state index is 0.507. The van der Waals surface area contributed by atoms with E-state index in [0.717, 1.165) is 12.8 Å². The number of hydrogen-bond donors (Lipinski definition) is 1. The Hall–Kier alpha value is -0.990. The van der Waals surface area contributed by atoms with Gasteiger partial charge in [0.1, 0.15) is 5.82 Å². The van der Waals surface area contributed by atoms with Gasteiger partial charge in [-0.3, -0.25) is 4.68 Å². The number of hydrogen-bond acceptors (Lipinski definition) is 2. The summed E-state index contributed by atoms with van der Waals surface area (Å²) in [6.07, 6.45) is 4.16. The van der Waals surface area contributed by atoms with Crippen molar-refractivity contribution in [3.05, 3.63) is 12.3 Å². The summed E-state index contributed by atoms with van der Waals surface area (Å²) in [5.74, 6) is 0.608. The van der Waals surface area contributed by atoms with Gasteiger partial charge in [-0.1, -0.05) is 13.8 Å². The molecule has 1 heterocycles. The van der Waals surface area contributed by atoms with E-state index in [9.17, 15) is 0 Å². The summed E-state index contributed by atoms with van der Waals surface area (Å²) in [6, 6.07) is 2.34. The molecule has 0 aliphatic carbocycles. The maximum atomic E-state index is 5.49. The quantitative estimate of drug-likeness (QED) is 0.719. The summed E-state index contributed by atoms with van der Waals surface area (Å²) in [7, 11) is 0. The minimum Gasteiger partial charge on any atom is -0.382 e. The number of rotatable bonds is 3. The number of nitrogens with two attached hydrogens (primary N) is 1. The average Bonchev–Trinajstić information content (AvgIpc) is 2.39. The normalized spacial score (nSPS) is 10.8. The van der Waals surface area contributed by atoms with Crippen LogP contribution in [0.4, 0.5) is 5.82 Å². The zero-order valence-corrected chi connectivity index (χ0v) is 7.12. The van der Waals surface area contributed by atoms with E-state index in [1.807, 2.05) is 16.9 Å². The fourth-order valence-electron chi connectivity index (χ4n) is 1.22. The smallest absolute Gasteiger partial charge is 0.145 e. The Labute approximate surface area is 67.2 Å². The van der Waals surface area contributed by atoms with Crippen molar-refractivity contribution >= 4 is 5.82 Å². The highest BCUT2D eigenvalue weighted by Crippen LogP contribution is 2.14. The summed E-state index contributed by atoms with van der Waals surface area (Å²) in [6.45, 7) is 4.32. The average molecular weight is 153 g/mol. The standard InChI is InChI=1S/C8H15N3/c1-3-7(4-2)11-6-5-8(9)10-11/h5-7H,3-4H2,1-2H3,(H2,9,10). The molecule has 0 saturated heterocycles. The van der Waals surface area contributed by atoms with Crippen LogP contribution in [0, 0.1) is 0 Å². The Bertz CT molecular complexity index is 213. The molecule has 1 aromatic rings. The summed E-state index contributed by atoms with van der Waals surface area (Å²) in [4.78, 5) is 0. The first-order valence-electron chi connectivity index (χ1n) is 4.08. The van der Waals surface area contributed by atoms with Gasteiger partial charge in [-0.15, -0.1) is 0 Å². The van der Waals surface area contributed by atoms with E-state index in [0.29, 0.717) is 11.9 Å². The Morgan fingerprint density at radius 1 is 1.55 bits per heavy atom. The second-order valence-corrected chi connectivity index (χ2v) is 2.69. The van der Waals surface area contributed by atoms with Gasteiger partial charge < -0.3 is 5.73 Å². The van der Waals surface area contributed by atoms with Crippen LogP contribution in [0.1, 0.15) is 32.7 Å². The van der Waals surface area contributed by atoms with Crippen LogP contribution in [0.15, 0.2) is 12.3 Å². The maximum absolute atomic E-state index is 5.49. The van der Waals surface area contributed by atoms with Gasteiger partial charge in [0.2, 0.25) is 0 Å². The molecule has 0 bridgehead atoms. The fourth-order valence-corrected chi connectivity index (χ4v) is 1.22. The maximum Gasteiger partial charge on any atom is 0.145 e. The molecular weight excluding hydrogens is 138 g/mol. The molecule has 0 amide bonds. The third-order valence-electron chi connectivity index (χ3n) is 1.95. The van der Waals surface area contributed by atoms with Crippen molar-refractivity contribution in [3.8, 4) is 0 Å². The van der Waals surface area contributed by atoms with Crippen molar-refractivity contribution in [1.82, 2.24) is 9.78 Å². The van der Waals surface area contributed by atoms with Crippen molar-refractivity contribution in [2.45, 2.75) is 32.7 Å². The van der Waals surface area contributed by atoms with Crippen LogP contribution in [0.5, 0.6) is 0 Å². The molecule has 0 aliphatic heterocycles. The van der Waals surface area contributed by atoms with Gasteiger partial charge >= 0.3 is 0 Å². The largest absolute Gasteiger partial charge is 0.382 e. The molecule has 3 nitrogen and oxygen atoms in total. The van der Waals surface area contributed by atoms with Crippen LogP contribution in [-0.4, -0.2) is 9.78 Å². The first-order chi connectivity index (χ1) is 5.27. The highest BCUT2D eigenvalue weighted by Gasteiger charge is 2.05. The van der Waals surface area contributed by atoms with E-state index in [1.54, 1.807) is 0 Å². The van der Waals surface area contributed by atoms with Gasteiger partial charge in [-0.25, -0.2) is 0 Å². The lowest BCUT2D eigenvalue weighted by Gasteiger charge is -2.11. The molecule has 0 spiro atoms. The van der Waals surface area contributed by atoms with Gasteiger partial charge in [-0.05, 0) is 18.9 Å². The molecule has 0 saturated carbocycles. The zero-order valence-electron chi connectivity index (χ0n) is 7.12. The van der Waals surface area contributed by atoms with Crippen LogP contribution < -0.4 is 5.73 Å². The summed E-state index contributed by atoms with van der Waals surface area (Å²) in [5.41, 5.74) is 5.49. The molecule has 0 radical (unpaired) electrons. The predicted molar refractivity (Wildman–Crippen MR) is 46.3 cm³/mol. The van der Waals surface area contributed by atoms with E-state index >= 15 is 0 Å². The van der Waals surface area contributed by atoms with Crippen LogP contribution in [0.2, 0.25) is 0 Å². The Morgan fingerprint density at radius 3 is 2.55 bits per heavy atom. The van der Waals surface area contributed by atoms with Crippen molar-refractivity contribution in [1.29, 1.82) is 0 Å². The molecule has 0 fully saturated rings. The van der Waals surface area contributed by atoms with E-state index in [-0.39, 0.29) is 0 Å². The van der Waals surface area contributed by atoms with Gasteiger partial charge in [0.25, 0.3) is 0 Å². The molecule has 0 aromatic carbocycles. The lowest BCUT2D eigenvalue weighted by atomic mass is 10.2.